The molecule has 1 atom stereocenters. The Labute approximate surface area is 287 Å². The molecule has 0 aromatic heterocycles. The summed E-state index contributed by atoms with van der Waals surface area (Å²) in [6, 6.07) is 27.0. The number of carbonyl (C=O) groups excluding carboxylic acids is 2. The molecule has 1 aliphatic rings. The van der Waals surface area contributed by atoms with Crippen molar-refractivity contribution in [2.75, 3.05) is 10.8 Å². The number of halogens is 2. The first-order valence-corrected chi connectivity index (χ1v) is 18.0. The normalized spacial score (nSPS) is 14.0. The fourth-order valence-corrected chi connectivity index (χ4v) is 8.11. The fraction of sp³-hybridized carbons (Fsp3) is 0.297. The number of carbonyl (C=O) groups is 2. The number of nitrogens with zero attached hydrogens (tertiary/aromatic N) is 2. The van der Waals surface area contributed by atoms with E-state index in [-0.39, 0.29) is 29.8 Å². The molecule has 0 spiro atoms. The summed E-state index contributed by atoms with van der Waals surface area (Å²) in [7, 11) is -4.20. The molecule has 0 bridgehead atoms. The number of aryl methyl sites for hydroxylation is 2. The second-order valence-electron chi connectivity index (χ2n) is 12.0. The Hall–Kier alpha value is -3.85. The molecule has 47 heavy (non-hydrogen) atoms. The fourth-order valence-electron chi connectivity index (χ4n) is 6.09. The van der Waals surface area contributed by atoms with E-state index in [1.165, 1.54) is 17.0 Å². The Kier molecular flexibility index (Phi) is 11.3. The highest BCUT2D eigenvalue weighted by Crippen LogP contribution is 2.31. The molecule has 10 heteroatoms. The van der Waals surface area contributed by atoms with Crippen LogP contribution in [0.1, 0.15) is 47.9 Å². The van der Waals surface area contributed by atoms with Crippen molar-refractivity contribution in [2.24, 2.45) is 0 Å². The first kappa shape index (κ1) is 34.5. The van der Waals surface area contributed by atoms with Gasteiger partial charge in [-0.15, -0.1) is 0 Å². The third kappa shape index (κ3) is 8.36. The summed E-state index contributed by atoms with van der Waals surface area (Å²) in [6.07, 6.45) is 3.98. The molecule has 1 N–H and O–H groups in total. The number of hydrogen-bond acceptors (Lipinski definition) is 4. The zero-order chi connectivity index (χ0) is 33.6. The average Bonchev–Trinajstić information content (AvgIpc) is 3.57. The number of hydrogen-bond donors (Lipinski definition) is 1. The van der Waals surface area contributed by atoms with Gasteiger partial charge in [-0.1, -0.05) is 108 Å². The lowest BCUT2D eigenvalue weighted by molar-refractivity contribution is -0.140. The molecule has 0 heterocycles. The molecule has 0 unspecified atom stereocenters. The summed E-state index contributed by atoms with van der Waals surface area (Å²) in [6.45, 7) is 3.09. The van der Waals surface area contributed by atoms with Gasteiger partial charge in [-0.25, -0.2) is 8.42 Å². The van der Waals surface area contributed by atoms with Crippen LogP contribution in [-0.2, 0) is 32.6 Å². The van der Waals surface area contributed by atoms with Crippen LogP contribution in [-0.4, -0.2) is 43.8 Å². The van der Waals surface area contributed by atoms with Gasteiger partial charge >= 0.3 is 0 Å². The van der Waals surface area contributed by atoms with E-state index in [1.54, 1.807) is 42.5 Å². The van der Waals surface area contributed by atoms with Gasteiger partial charge in [-0.2, -0.15) is 0 Å². The first-order chi connectivity index (χ1) is 22.5. The van der Waals surface area contributed by atoms with Gasteiger partial charge in [0.05, 0.1) is 10.6 Å². The lowest BCUT2D eigenvalue weighted by Gasteiger charge is -2.35. The largest absolute Gasteiger partial charge is 0.352 e. The van der Waals surface area contributed by atoms with E-state index in [2.05, 4.69) is 5.32 Å². The standard InChI is InChI=1S/C37H39Cl2N3O4S/c1-26-20-21-34(27(2)22-26)42(47(45,46)30-16-7-4-8-17-30)25-36(43)41(24-31-32(38)18-11-19-33(31)39)35(23-28-12-5-3-6-13-28)37(44)40-29-14-9-10-15-29/h3-8,11-13,16-22,29,35H,9-10,14-15,23-25H2,1-2H3,(H,40,44)/t35-/m1/s1. The van der Waals surface area contributed by atoms with Crippen LogP contribution in [0.5, 0.6) is 0 Å². The van der Waals surface area contributed by atoms with Gasteiger partial charge in [0.15, 0.2) is 0 Å². The molecule has 1 saturated carbocycles. The molecule has 2 amide bonds. The average molecular weight is 693 g/mol. The summed E-state index contributed by atoms with van der Waals surface area (Å²) in [5.41, 5.74) is 3.35. The van der Waals surface area contributed by atoms with Gasteiger partial charge in [-0.3, -0.25) is 13.9 Å². The third-order valence-electron chi connectivity index (χ3n) is 8.59. The van der Waals surface area contributed by atoms with Gasteiger partial charge in [0.1, 0.15) is 12.6 Å². The van der Waals surface area contributed by atoms with E-state index in [9.17, 15) is 18.0 Å². The van der Waals surface area contributed by atoms with Crippen LogP contribution in [0, 0.1) is 13.8 Å². The summed E-state index contributed by atoms with van der Waals surface area (Å²) in [4.78, 5) is 30.4. The summed E-state index contributed by atoms with van der Waals surface area (Å²) < 4.78 is 29.6. The molecular weight excluding hydrogens is 653 g/mol. The Balaban J connectivity index is 1.61. The number of amides is 2. The third-order valence-corrected chi connectivity index (χ3v) is 11.1. The summed E-state index contributed by atoms with van der Waals surface area (Å²) in [5.74, 6) is -0.871. The van der Waals surface area contributed by atoms with Crippen molar-refractivity contribution in [3.05, 3.63) is 129 Å². The second-order valence-corrected chi connectivity index (χ2v) is 14.7. The highest BCUT2D eigenvalue weighted by Gasteiger charge is 2.36. The highest BCUT2D eigenvalue weighted by atomic mass is 35.5. The molecule has 5 rings (SSSR count). The lowest BCUT2D eigenvalue weighted by Crippen LogP contribution is -2.54. The summed E-state index contributed by atoms with van der Waals surface area (Å²) >= 11 is 13.2. The summed E-state index contributed by atoms with van der Waals surface area (Å²) in [5, 5.41) is 3.86. The molecule has 7 nitrogen and oxygen atoms in total. The molecule has 4 aromatic carbocycles. The van der Waals surface area contributed by atoms with Gasteiger partial charge < -0.3 is 10.2 Å². The van der Waals surface area contributed by atoms with Crippen molar-refractivity contribution < 1.29 is 18.0 Å². The van der Waals surface area contributed by atoms with Crippen molar-refractivity contribution in [2.45, 2.75) is 69.5 Å². The number of rotatable bonds is 12. The van der Waals surface area contributed by atoms with Gasteiger partial charge in [0.2, 0.25) is 11.8 Å². The minimum Gasteiger partial charge on any atom is -0.352 e. The van der Waals surface area contributed by atoms with Crippen LogP contribution in [0.3, 0.4) is 0 Å². The highest BCUT2D eigenvalue weighted by molar-refractivity contribution is 7.92. The van der Waals surface area contributed by atoms with Crippen molar-refractivity contribution in [1.29, 1.82) is 0 Å². The Morgan fingerprint density at radius 1 is 0.851 bits per heavy atom. The minimum atomic E-state index is -4.20. The van der Waals surface area contributed by atoms with Crippen LogP contribution in [0.2, 0.25) is 10.0 Å². The quantitative estimate of drug-likeness (QED) is 0.167. The predicted molar refractivity (Wildman–Crippen MR) is 188 cm³/mol. The van der Waals surface area contributed by atoms with Crippen molar-refractivity contribution >= 4 is 50.7 Å². The number of nitrogens with one attached hydrogen (secondary N) is 1. The minimum absolute atomic E-state index is 0.00629. The number of sulfonamides is 1. The molecular formula is C37H39Cl2N3O4S. The van der Waals surface area contributed by atoms with E-state index in [0.29, 0.717) is 26.9 Å². The van der Waals surface area contributed by atoms with Gasteiger partial charge in [0.25, 0.3) is 10.0 Å². The maximum atomic E-state index is 14.7. The molecule has 246 valence electrons. The monoisotopic (exact) mass is 691 g/mol. The molecule has 0 radical (unpaired) electrons. The topological polar surface area (TPSA) is 86.8 Å². The van der Waals surface area contributed by atoms with E-state index in [1.807, 2.05) is 56.3 Å². The maximum absolute atomic E-state index is 14.7. The van der Waals surface area contributed by atoms with E-state index >= 15 is 0 Å². The Bertz CT molecular complexity index is 1790. The number of benzene rings is 4. The molecule has 0 aliphatic heterocycles. The molecule has 4 aromatic rings. The van der Waals surface area contributed by atoms with Crippen LogP contribution in [0.4, 0.5) is 5.69 Å². The van der Waals surface area contributed by atoms with Crippen molar-refractivity contribution in [3.63, 3.8) is 0 Å². The van der Waals surface area contributed by atoms with Crippen LogP contribution in [0.25, 0.3) is 0 Å². The first-order valence-electron chi connectivity index (χ1n) is 15.8. The Morgan fingerprint density at radius 3 is 2.09 bits per heavy atom. The van der Waals surface area contributed by atoms with Crippen LogP contribution < -0.4 is 9.62 Å². The van der Waals surface area contributed by atoms with E-state index < -0.39 is 28.5 Å². The zero-order valence-corrected chi connectivity index (χ0v) is 28.9. The Morgan fingerprint density at radius 2 is 1.47 bits per heavy atom. The molecule has 1 fully saturated rings. The number of anilines is 1. The smallest absolute Gasteiger partial charge is 0.264 e. The predicted octanol–water partition coefficient (Wildman–Crippen LogP) is 7.50. The van der Waals surface area contributed by atoms with Crippen LogP contribution >= 0.6 is 23.2 Å². The SMILES string of the molecule is Cc1ccc(N(CC(=O)N(Cc2c(Cl)cccc2Cl)[C@H](Cc2ccccc2)C(=O)NC2CCCC2)S(=O)(=O)c2ccccc2)c(C)c1. The van der Waals surface area contributed by atoms with Gasteiger partial charge in [-0.05, 0) is 68.1 Å². The van der Waals surface area contributed by atoms with Gasteiger partial charge in [0, 0.05) is 34.6 Å². The van der Waals surface area contributed by atoms with Crippen LogP contribution in [0.15, 0.2) is 102 Å². The molecule has 1 aliphatic carbocycles. The second kappa shape index (κ2) is 15.4. The zero-order valence-electron chi connectivity index (χ0n) is 26.5. The lowest BCUT2D eigenvalue weighted by atomic mass is 10.0. The van der Waals surface area contributed by atoms with E-state index in [4.69, 9.17) is 23.2 Å². The van der Waals surface area contributed by atoms with E-state index in [0.717, 1.165) is 41.1 Å². The maximum Gasteiger partial charge on any atom is 0.264 e. The molecule has 0 saturated heterocycles. The van der Waals surface area contributed by atoms with Crippen molar-refractivity contribution in [1.82, 2.24) is 10.2 Å². The van der Waals surface area contributed by atoms with Crippen molar-refractivity contribution in [3.8, 4) is 0 Å².